The minimum absolute atomic E-state index is 0.533. The molecule has 1 aromatic rings. The van der Waals surface area contributed by atoms with E-state index in [1.165, 1.54) is 5.56 Å². The molecule has 82 valence electrons. The molecule has 0 aromatic carbocycles. The standard InChI is InChI=1S/C11H15ClN2O/c12-11-6-9(1-2-14-11)5-10-7-13-3-4-15-8-10/h1-2,6,10,13H,3-5,7-8H2. The smallest absolute Gasteiger partial charge is 0.129 e. The van der Waals surface area contributed by atoms with Gasteiger partial charge in [-0.1, -0.05) is 11.6 Å². The van der Waals surface area contributed by atoms with Crippen molar-refractivity contribution >= 4 is 11.6 Å². The predicted molar refractivity (Wildman–Crippen MR) is 60.1 cm³/mol. The zero-order valence-corrected chi connectivity index (χ0v) is 9.33. The van der Waals surface area contributed by atoms with Crippen molar-refractivity contribution in [3.63, 3.8) is 0 Å². The Balaban J connectivity index is 1.95. The van der Waals surface area contributed by atoms with Crippen LogP contribution in [0.25, 0.3) is 0 Å². The van der Waals surface area contributed by atoms with Crippen molar-refractivity contribution in [3.8, 4) is 0 Å². The maximum Gasteiger partial charge on any atom is 0.129 e. The van der Waals surface area contributed by atoms with Gasteiger partial charge in [0.25, 0.3) is 0 Å². The van der Waals surface area contributed by atoms with Crippen molar-refractivity contribution in [2.24, 2.45) is 5.92 Å². The van der Waals surface area contributed by atoms with E-state index in [2.05, 4.69) is 10.3 Å². The third kappa shape index (κ3) is 3.45. The zero-order chi connectivity index (χ0) is 10.5. The molecular weight excluding hydrogens is 212 g/mol. The third-order valence-electron chi connectivity index (χ3n) is 2.53. The fourth-order valence-electron chi connectivity index (χ4n) is 1.79. The number of hydrogen-bond acceptors (Lipinski definition) is 3. The monoisotopic (exact) mass is 226 g/mol. The highest BCUT2D eigenvalue weighted by atomic mass is 35.5. The van der Waals surface area contributed by atoms with Crippen molar-refractivity contribution in [2.45, 2.75) is 6.42 Å². The van der Waals surface area contributed by atoms with E-state index in [1.807, 2.05) is 12.1 Å². The van der Waals surface area contributed by atoms with Gasteiger partial charge in [0, 0.05) is 19.3 Å². The van der Waals surface area contributed by atoms with Crippen LogP contribution in [0.1, 0.15) is 5.56 Å². The first-order valence-corrected chi connectivity index (χ1v) is 5.61. The molecule has 0 bridgehead atoms. The SMILES string of the molecule is Clc1cc(CC2CNCCOC2)ccn1. The van der Waals surface area contributed by atoms with Crippen LogP contribution in [-0.2, 0) is 11.2 Å². The van der Waals surface area contributed by atoms with E-state index in [4.69, 9.17) is 16.3 Å². The van der Waals surface area contributed by atoms with Gasteiger partial charge in [0.05, 0.1) is 13.2 Å². The largest absolute Gasteiger partial charge is 0.380 e. The summed E-state index contributed by atoms with van der Waals surface area (Å²) < 4.78 is 5.50. The number of aromatic nitrogens is 1. The molecular formula is C11H15ClN2O. The molecule has 3 nitrogen and oxygen atoms in total. The normalized spacial score (nSPS) is 22.3. The lowest BCUT2D eigenvalue weighted by Gasteiger charge is -2.13. The van der Waals surface area contributed by atoms with Crippen LogP contribution < -0.4 is 5.32 Å². The number of nitrogens with zero attached hydrogens (tertiary/aromatic N) is 1. The Morgan fingerprint density at radius 3 is 3.40 bits per heavy atom. The first kappa shape index (κ1) is 10.9. The van der Waals surface area contributed by atoms with Crippen LogP contribution in [0.5, 0.6) is 0 Å². The third-order valence-corrected chi connectivity index (χ3v) is 2.73. The molecule has 0 spiro atoms. The first-order chi connectivity index (χ1) is 7.34. The number of rotatable bonds is 2. The second-order valence-electron chi connectivity index (χ2n) is 3.84. The number of halogens is 1. The Bertz CT molecular complexity index is 311. The van der Waals surface area contributed by atoms with Crippen LogP contribution in [0.2, 0.25) is 5.15 Å². The molecule has 1 atom stereocenters. The minimum Gasteiger partial charge on any atom is -0.380 e. The number of pyridine rings is 1. The lowest BCUT2D eigenvalue weighted by Crippen LogP contribution is -2.24. The van der Waals surface area contributed by atoms with Gasteiger partial charge in [-0.2, -0.15) is 0 Å². The molecule has 0 saturated carbocycles. The summed E-state index contributed by atoms with van der Waals surface area (Å²) in [4.78, 5) is 3.97. The molecule has 4 heteroatoms. The van der Waals surface area contributed by atoms with Gasteiger partial charge >= 0.3 is 0 Å². The topological polar surface area (TPSA) is 34.1 Å². The Morgan fingerprint density at radius 2 is 2.53 bits per heavy atom. The quantitative estimate of drug-likeness (QED) is 0.777. The van der Waals surface area contributed by atoms with Gasteiger partial charge in [0.1, 0.15) is 5.15 Å². The fourth-order valence-corrected chi connectivity index (χ4v) is 1.99. The molecule has 1 saturated heterocycles. The maximum atomic E-state index is 5.84. The van der Waals surface area contributed by atoms with Crippen LogP contribution in [0, 0.1) is 5.92 Å². The van der Waals surface area contributed by atoms with E-state index in [0.29, 0.717) is 11.1 Å². The van der Waals surface area contributed by atoms with Gasteiger partial charge < -0.3 is 10.1 Å². The Kier molecular flexibility index (Phi) is 3.94. The van der Waals surface area contributed by atoms with Crippen LogP contribution in [0.3, 0.4) is 0 Å². The van der Waals surface area contributed by atoms with Gasteiger partial charge in [0.2, 0.25) is 0 Å². The second-order valence-corrected chi connectivity index (χ2v) is 4.22. The van der Waals surface area contributed by atoms with Gasteiger partial charge in [-0.3, -0.25) is 0 Å². The molecule has 1 fully saturated rings. The highest BCUT2D eigenvalue weighted by Crippen LogP contribution is 2.13. The summed E-state index contributed by atoms with van der Waals surface area (Å²) in [6, 6.07) is 3.93. The van der Waals surface area contributed by atoms with Gasteiger partial charge in [-0.25, -0.2) is 4.98 Å². The van der Waals surface area contributed by atoms with Crippen molar-refractivity contribution < 1.29 is 4.74 Å². The molecule has 2 heterocycles. The first-order valence-electron chi connectivity index (χ1n) is 5.23. The average molecular weight is 227 g/mol. The minimum atomic E-state index is 0.533. The van der Waals surface area contributed by atoms with Crippen LogP contribution in [0.4, 0.5) is 0 Å². The van der Waals surface area contributed by atoms with Crippen molar-refractivity contribution in [1.29, 1.82) is 0 Å². The highest BCUT2D eigenvalue weighted by molar-refractivity contribution is 6.29. The molecule has 1 aliphatic rings. The molecule has 1 unspecified atom stereocenters. The zero-order valence-electron chi connectivity index (χ0n) is 8.58. The van der Waals surface area contributed by atoms with E-state index < -0.39 is 0 Å². The van der Waals surface area contributed by atoms with Crippen LogP contribution in [0.15, 0.2) is 18.3 Å². The summed E-state index contributed by atoms with van der Waals surface area (Å²) >= 11 is 5.84. The van der Waals surface area contributed by atoms with E-state index in [-0.39, 0.29) is 0 Å². The summed E-state index contributed by atoms with van der Waals surface area (Å²) in [7, 11) is 0. The van der Waals surface area contributed by atoms with Crippen LogP contribution >= 0.6 is 11.6 Å². The number of hydrogen-bond donors (Lipinski definition) is 1. The van der Waals surface area contributed by atoms with Gasteiger partial charge in [-0.15, -0.1) is 0 Å². The predicted octanol–water partition coefficient (Wildman–Crippen LogP) is 1.51. The molecule has 2 rings (SSSR count). The van der Waals surface area contributed by atoms with Crippen molar-refractivity contribution in [2.75, 3.05) is 26.3 Å². The lowest BCUT2D eigenvalue weighted by molar-refractivity contribution is 0.123. The molecule has 0 aliphatic carbocycles. The van der Waals surface area contributed by atoms with Crippen molar-refractivity contribution in [3.05, 3.63) is 29.0 Å². The number of ether oxygens (including phenoxy) is 1. The van der Waals surface area contributed by atoms with E-state index in [9.17, 15) is 0 Å². The molecule has 0 radical (unpaired) electrons. The molecule has 1 N–H and O–H groups in total. The van der Waals surface area contributed by atoms with Crippen molar-refractivity contribution in [1.82, 2.24) is 10.3 Å². The van der Waals surface area contributed by atoms with E-state index in [1.54, 1.807) is 6.20 Å². The Labute approximate surface area is 94.8 Å². The Morgan fingerprint density at radius 1 is 1.60 bits per heavy atom. The maximum absolute atomic E-state index is 5.84. The van der Waals surface area contributed by atoms with Gasteiger partial charge in [0.15, 0.2) is 0 Å². The molecule has 1 aliphatic heterocycles. The lowest BCUT2D eigenvalue weighted by atomic mass is 10.0. The van der Waals surface area contributed by atoms with Crippen LogP contribution in [-0.4, -0.2) is 31.3 Å². The molecule has 1 aromatic heterocycles. The summed E-state index contributed by atoms with van der Waals surface area (Å²) in [5.74, 6) is 0.533. The fraction of sp³-hybridized carbons (Fsp3) is 0.545. The summed E-state index contributed by atoms with van der Waals surface area (Å²) in [6.45, 7) is 3.61. The molecule has 15 heavy (non-hydrogen) atoms. The average Bonchev–Trinajstić information content (AvgIpc) is 2.46. The highest BCUT2D eigenvalue weighted by Gasteiger charge is 2.12. The number of nitrogens with one attached hydrogen (secondary N) is 1. The van der Waals surface area contributed by atoms with E-state index in [0.717, 1.165) is 32.7 Å². The Hall–Kier alpha value is -0.640. The summed E-state index contributed by atoms with van der Waals surface area (Å²) in [5.41, 5.74) is 1.23. The summed E-state index contributed by atoms with van der Waals surface area (Å²) in [6.07, 6.45) is 2.75. The summed E-state index contributed by atoms with van der Waals surface area (Å²) in [5, 5.41) is 3.92. The van der Waals surface area contributed by atoms with Gasteiger partial charge in [-0.05, 0) is 30.0 Å². The van der Waals surface area contributed by atoms with E-state index >= 15 is 0 Å². The molecule has 0 amide bonds. The second kappa shape index (κ2) is 5.45.